The monoisotopic (exact) mass is 562 g/mol. The van der Waals surface area contributed by atoms with Crippen molar-refractivity contribution in [3.05, 3.63) is 66.0 Å². The van der Waals surface area contributed by atoms with Crippen LogP contribution in [0.1, 0.15) is 77.5 Å². The molecule has 1 unspecified atom stereocenters. The number of hydrogen-bond donors (Lipinski definition) is 1. The van der Waals surface area contributed by atoms with Crippen molar-refractivity contribution in [2.24, 2.45) is 5.92 Å². The van der Waals surface area contributed by atoms with E-state index >= 15 is 0 Å². The first-order valence-corrected chi connectivity index (χ1v) is 13.5. The highest BCUT2D eigenvalue weighted by Crippen LogP contribution is 2.29. The Hall–Kier alpha value is -3.63. The first-order chi connectivity index (χ1) is 19.1. The molecule has 0 saturated carbocycles. The molecule has 0 amide bonds. The summed E-state index contributed by atoms with van der Waals surface area (Å²) in [6.07, 6.45) is 4.64. The highest BCUT2D eigenvalue weighted by Gasteiger charge is 2.27. The van der Waals surface area contributed by atoms with Crippen molar-refractivity contribution in [3.8, 4) is 11.5 Å². The molecule has 0 aliphatic carbocycles. The Kier molecular flexibility index (Phi) is 10.9. The third-order valence-corrected chi connectivity index (χ3v) is 6.54. The summed E-state index contributed by atoms with van der Waals surface area (Å²) in [5.41, 5.74) is 1.66. The van der Waals surface area contributed by atoms with E-state index in [1.165, 1.54) is 24.4 Å². The highest BCUT2D eigenvalue weighted by molar-refractivity contribution is 5.78. The lowest BCUT2D eigenvalue weighted by molar-refractivity contribution is -0.0217. The van der Waals surface area contributed by atoms with E-state index in [0.717, 1.165) is 18.2 Å². The topological polar surface area (TPSA) is 68.0 Å². The number of anilines is 2. The van der Waals surface area contributed by atoms with Crippen molar-refractivity contribution >= 4 is 17.0 Å². The fourth-order valence-corrected chi connectivity index (χ4v) is 4.02. The van der Waals surface area contributed by atoms with Crippen LogP contribution in [0, 0.1) is 11.7 Å². The molecule has 0 radical (unpaired) electrons. The first-order valence-electron chi connectivity index (χ1n) is 13.5. The number of hydrogen-bond acceptors (Lipinski definition) is 5. The van der Waals surface area contributed by atoms with Crippen molar-refractivity contribution in [2.75, 3.05) is 5.32 Å². The summed E-state index contributed by atoms with van der Waals surface area (Å²) in [5.74, 6) is -2.03. The van der Waals surface area contributed by atoms with Crippen molar-refractivity contribution in [3.63, 3.8) is 0 Å². The zero-order valence-corrected chi connectivity index (χ0v) is 23.1. The maximum atomic E-state index is 14.1. The van der Waals surface area contributed by atoms with Crippen LogP contribution in [0.2, 0.25) is 0 Å². The molecule has 4 rings (SSSR count). The third kappa shape index (κ3) is 8.19. The second-order valence-corrected chi connectivity index (χ2v) is 9.66. The van der Waals surface area contributed by atoms with Gasteiger partial charge in [0.05, 0.1) is 11.9 Å². The molecule has 1 N–H and O–H groups in total. The minimum absolute atomic E-state index is 0.0451. The number of nitrogens with one attached hydrogen (secondary N) is 1. The molecule has 0 aliphatic heterocycles. The van der Waals surface area contributed by atoms with E-state index < -0.39 is 18.2 Å². The molecule has 6 nitrogen and oxygen atoms in total. The summed E-state index contributed by atoms with van der Waals surface area (Å²) < 4.78 is 67.5. The van der Waals surface area contributed by atoms with Crippen LogP contribution < -0.4 is 5.32 Å². The summed E-state index contributed by atoms with van der Waals surface area (Å²) in [7, 11) is 0. The van der Waals surface area contributed by atoms with Crippen LogP contribution in [0.25, 0.3) is 17.0 Å². The predicted octanol–water partition coefficient (Wildman–Crippen LogP) is 8.82. The van der Waals surface area contributed by atoms with E-state index in [1.54, 1.807) is 23.7 Å². The normalized spacial score (nSPS) is 12.3. The molecule has 0 saturated heterocycles. The smallest absolute Gasteiger partial charge is 0.280 e. The molecule has 1 atom stereocenters. The molecule has 4 aromatic rings. The van der Waals surface area contributed by atoms with E-state index in [2.05, 4.69) is 25.4 Å². The Balaban J connectivity index is 0.000000312. The number of aromatic nitrogens is 5. The van der Waals surface area contributed by atoms with E-state index in [-0.39, 0.29) is 35.7 Å². The summed E-state index contributed by atoms with van der Waals surface area (Å²) >= 11 is 0. The number of alkyl halides is 4. The standard InChI is InChI=1S/C19H15F3N6.C10H20F2/c1-2-11-7-9-28-16(11)19(25-13-6-8-23-10-12(13)20)26-18(27-28)15-5-3-4-14(24-15)17(21)22;1-4-7-10(11,12)8-6-9(3)5-2/h3-10,17H,2H2,1H3,(H,23,25,26,27);9H,4-8H2,1-3H3. The SMILES string of the molecule is CCCC(F)(F)CCC(C)CC.CCc1ccn2nc(-c3cccc(C(F)F)n3)nc(Nc3ccncc3F)c12. The van der Waals surface area contributed by atoms with E-state index in [1.807, 2.05) is 26.8 Å². The second kappa shape index (κ2) is 14.1. The Morgan fingerprint density at radius 2 is 1.80 bits per heavy atom. The molecule has 4 aromatic heterocycles. The lowest BCUT2D eigenvalue weighted by Gasteiger charge is -2.17. The molecule has 0 spiro atoms. The van der Waals surface area contributed by atoms with Gasteiger partial charge in [0.15, 0.2) is 11.6 Å². The number of halogens is 5. The molecule has 0 fully saturated rings. The van der Waals surface area contributed by atoms with Gasteiger partial charge in [-0.15, -0.1) is 5.10 Å². The Labute approximate surface area is 231 Å². The number of fused-ring (bicyclic) bond motifs is 1. The van der Waals surface area contributed by atoms with Gasteiger partial charge in [-0.3, -0.25) is 4.98 Å². The van der Waals surface area contributed by atoms with Gasteiger partial charge in [-0.2, -0.15) is 0 Å². The van der Waals surface area contributed by atoms with E-state index in [0.29, 0.717) is 36.5 Å². The van der Waals surface area contributed by atoms with Crippen molar-refractivity contribution in [1.82, 2.24) is 24.6 Å². The van der Waals surface area contributed by atoms with Gasteiger partial charge in [0.1, 0.15) is 16.9 Å². The predicted molar refractivity (Wildman–Crippen MR) is 147 cm³/mol. The lowest BCUT2D eigenvalue weighted by atomic mass is 9.98. The van der Waals surface area contributed by atoms with Crippen LogP contribution >= 0.6 is 0 Å². The number of aryl methyl sites for hydroxylation is 1. The van der Waals surface area contributed by atoms with Gasteiger partial charge >= 0.3 is 0 Å². The molecular formula is C29H35F5N6. The minimum Gasteiger partial charge on any atom is -0.336 e. The van der Waals surface area contributed by atoms with Crippen LogP contribution in [-0.4, -0.2) is 30.5 Å². The third-order valence-electron chi connectivity index (χ3n) is 6.54. The Morgan fingerprint density at radius 3 is 2.45 bits per heavy atom. The van der Waals surface area contributed by atoms with E-state index in [4.69, 9.17) is 0 Å². The van der Waals surface area contributed by atoms with Gasteiger partial charge in [-0.25, -0.2) is 36.4 Å². The van der Waals surface area contributed by atoms with E-state index in [9.17, 15) is 22.0 Å². The molecule has 0 aromatic carbocycles. The van der Waals surface area contributed by atoms with Crippen molar-refractivity contribution in [1.29, 1.82) is 0 Å². The van der Waals surface area contributed by atoms with Crippen LogP contribution in [0.5, 0.6) is 0 Å². The zero-order chi connectivity index (χ0) is 29.3. The Morgan fingerprint density at radius 1 is 1.02 bits per heavy atom. The average Bonchev–Trinajstić information content (AvgIpc) is 3.37. The Bertz CT molecular complexity index is 1370. The van der Waals surface area contributed by atoms with Crippen LogP contribution in [0.4, 0.5) is 33.5 Å². The fraction of sp³-hybridized carbons (Fsp3) is 0.448. The maximum absolute atomic E-state index is 14.1. The minimum atomic E-state index is -2.70. The molecule has 0 aliphatic rings. The summed E-state index contributed by atoms with van der Waals surface area (Å²) in [6, 6.07) is 7.63. The van der Waals surface area contributed by atoms with Gasteiger partial charge in [0, 0.05) is 25.2 Å². The molecule has 40 heavy (non-hydrogen) atoms. The fourth-order valence-electron chi connectivity index (χ4n) is 4.02. The number of rotatable bonds is 11. The first kappa shape index (κ1) is 30.9. The number of pyridine rings is 2. The molecule has 0 bridgehead atoms. The van der Waals surface area contributed by atoms with Crippen LogP contribution in [0.3, 0.4) is 0 Å². The van der Waals surface area contributed by atoms with Gasteiger partial charge in [0.2, 0.25) is 11.7 Å². The second-order valence-electron chi connectivity index (χ2n) is 9.66. The zero-order valence-electron chi connectivity index (χ0n) is 23.1. The molecular weight excluding hydrogens is 527 g/mol. The van der Waals surface area contributed by atoms with Crippen molar-refractivity contribution in [2.45, 2.75) is 78.6 Å². The van der Waals surface area contributed by atoms with Gasteiger partial charge < -0.3 is 5.32 Å². The molecule has 4 heterocycles. The largest absolute Gasteiger partial charge is 0.336 e. The quantitative estimate of drug-likeness (QED) is 0.185. The average molecular weight is 563 g/mol. The molecule has 216 valence electrons. The summed E-state index contributed by atoms with van der Waals surface area (Å²) in [5, 5.41) is 7.35. The maximum Gasteiger partial charge on any atom is 0.280 e. The summed E-state index contributed by atoms with van der Waals surface area (Å²) in [6.45, 7) is 7.86. The molecule has 11 heteroatoms. The van der Waals surface area contributed by atoms with Gasteiger partial charge in [-0.05, 0) is 48.6 Å². The van der Waals surface area contributed by atoms with Crippen LogP contribution in [0.15, 0.2) is 48.9 Å². The summed E-state index contributed by atoms with van der Waals surface area (Å²) in [4.78, 5) is 12.1. The van der Waals surface area contributed by atoms with Crippen LogP contribution in [-0.2, 0) is 6.42 Å². The van der Waals surface area contributed by atoms with Gasteiger partial charge in [0.25, 0.3) is 6.43 Å². The number of nitrogens with zero attached hydrogens (tertiary/aromatic N) is 5. The van der Waals surface area contributed by atoms with Gasteiger partial charge in [-0.1, -0.05) is 46.6 Å². The lowest BCUT2D eigenvalue weighted by Crippen LogP contribution is -2.16. The highest BCUT2D eigenvalue weighted by atomic mass is 19.3. The van der Waals surface area contributed by atoms with Crippen molar-refractivity contribution < 1.29 is 22.0 Å².